The van der Waals surface area contributed by atoms with Crippen LogP contribution >= 0.6 is 0 Å². The quantitative estimate of drug-likeness (QED) is 0.819. The smallest absolute Gasteiger partial charge is 0.302 e. The number of benzene rings is 1. The maximum atomic E-state index is 10.9. The first-order valence-electron chi connectivity index (χ1n) is 6.74. The minimum absolute atomic E-state index is 0.156. The van der Waals surface area contributed by atoms with Crippen molar-refractivity contribution in [3.8, 4) is 0 Å². The third kappa shape index (κ3) is 3.78. The topological polar surface area (TPSA) is 49.8 Å². The zero-order chi connectivity index (χ0) is 13.7. The number of nitrogens with zero attached hydrogens (tertiary/aromatic N) is 1. The fourth-order valence-corrected chi connectivity index (χ4v) is 2.66. The van der Waals surface area contributed by atoms with Crippen LogP contribution in [0.5, 0.6) is 0 Å². The van der Waals surface area contributed by atoms with Gasteiger partial charge in [0.1, 0.15) is 6.61 Å². The number of likely N-dealkylation sites (tertiary alicyclic amines) is 1. The van der Waals surface area contributed by atoms with Crippen molar-refractivity contribution in [2.75, 3.05) is 13.2 Å². The number of hydrogen-bond donors (Lipinski definition) is 1. The number of ether oxygens (including phenoxy) is 1. The van der Waals surface area contributed by atoms with Gasteiger partial charge in [-0.05, 0) is 18.4 Å². The number of hydrogen-bond acceptors (Lipinski definition) is 4. The van der Waals surface area contributed by atoms with Gasteiger partial charge in [-0.15, -0.1) is 0 Å². The molecule has 104 valence electrons. The van der Waals surface area contributed by atoms with E-state index in [2.05, 4.69) is 17.0 Å². The van der Waals surface area contributed by atoms with E-state index >= 15 is 0 Å². The maximum Gasteiger partial charge on any atom is 0.302 e. The highest BCUT2D eigenvalue weighted by Gasteiger charge is 2.33. The van der Waals surface area contributed by atoms with Crippen molar-refractivity contribution in [1.29, 1.82) is 0 Å². The number of carbonyl (C=O) groups excluding carboxylic acids is 1. The predicted octanol–water partition coefficient (Wildman–Crippen LogP) is 1.57. The molecule has 19 heavy (non-hydrogen) atoms. The third-order valence-electron chi connectivity index (χ3n) is 3.67. The molecular weight excluding hydrogens is 242 g/mol. The molecule has 0 saturated carbocycles. The zero-order valence-corrected chi connectivity index (χ0v) is 11.3. The lowest BCUT2D eigenvalue weighted by Gasteiger charge is -2.29. The monoisotopic (exact) mass is 263 g/mol. The number of aliphatic hydroxyl groups excluding tert-OH is 1. The standard InChI is InChI=1S/C15H21NO3/c1-12(18)19-11-15-8-7-14(10-17)16(15)9-13-5-3-2-4-6-13/h2-6,14-15,17H,7-11H2,1H3/t14-,15-/m1/s1. The van der Waals surface area contributed by atoms with Gasteiger partial charge in [-0.25, -0.2) is 0 Å². The van der Waals surface area contributed by atoms with Crippen LogP contribution in [0.3, 0.4) is 0 Å². The normalized spacial score (nSPS) is 23.5. The fraction of sp³-hybridized carbons (Fsp3) is 0.533. The average Bonchev–Trinajstić information content (AvgIpc) is 2.80. The van der Waals surface area contributed by atoms with Gasteiger partial charge >= 0.3 is 5.97 Å². The maximum absolute atomic E-state index is 10.9. The van der Waals surface area contributed by atoms with E-state index in [1.807, 2.05) is 18.2 Å². The lowest BCUT2D eigenvalue weighted by molar-refractivity contribution is -0.142. The van der Waals surface area contributed by atoms with Crippen LogP contribution in [-0.2, 0) is 16.1 Å². The molecule has 0 amide bonds. The Labute approximate surface area is 114 Å². The van der Waals surface area contributed by atoms with E-state index < -0.39 is 0 Å². The number of carbonyl (C=O) groups is 1. The summed E-state index contributed by atoms with van der Waals surface area (Å²) in [6.45, 7) is 2.79. The molecule has 1 aliphatic heterocycles. The van der Waals surface area contributed by atoms with Gasteiger partial charge in [0, 0.05) is 25.6 Å². The average molecular weight is 263 g/mol. The molecule has 0 spiro atoms. The summed E-state index contributed by atoms with van der Waals surface area (Å²) in [5, 5.41) is 9.46. The van der Waals surface area contributed by atoms with Crippen LogP contribution in [0.15, 0.2) is 30.3 Å². The highest BCUT2D eigenvalue weighted by Crippen LogP contribution is 2.26. The van der Waals surface area contributed by atoms with Gasteiger partial charge in [-0.1, -0.05) is 30.3 Å². The number of aliphatic hydroxyl groups is 1. The van der Waals surface area contributed by atoms with Gasteiger partial charge in [-0.2, -0.15) is 0 Å². The van der Waals surface area contributed by atoms with Crippen molar-refractivity contribution in [3.63, 3.8) is 0 Å². The van der Waals surface area contributed by atoms with Gasteiger partial charge in [0.05, 0.1) is 6.61 Å². The highest BCUT2D eigenvalue weighted by molar-refractivity contribution is 5.65. The Balaban J connectivity index is 2.01. The van der Waals surface area contributed by atoms with Gasteiger partial charge < -0.3 is 9.84 Å². The van der Waals surface area contributed by atoms with Crippen LogP contribution in [-0.4, -0.2) is 41.3 Å². The molecule has 1 fully saturated rings. The molecule has 1 N–H and O–H groups in total. The Morgan fingerprint density at radius 3 is 2.63 bits per heavy atom. The Morgan fingerprint density at radius 2 is 2.00 bits per heavy atom. The van der Waals surface area contributed by atoms with Crippen molar-refractivity contribution in [1.82, 2.24) is 4.90 Å². The minimum Gasteiger partial charge on any atom is -0.464 e. The van der Waals surface area contributed by atoms with E-state index in [1.165, 1.54) is 12.5 Å². The number of rotatable bonds is 5. The summed E-state index contributed by atoms with van der Waals surface area (Å²) in [5.41, 5.74) is 1.22. The molecule has 4 heteroatoms. The largest absolute Gasteiger partial charge is 0.464 e. The first-order valence-corrected chi connectivity index (χ1v) is 6.74. The van der Waals surface area contributed by atoms with Crippen molar-refractivity contribution >= 4 is 5.97 Å². The van der Waals surface area contributed by atoms with Crippen LogP contribution in [0, 0.1) is 0 Å². The van der Waals surface area contributed by atoms with E-state index in [9.17, 15) is 9.90 Å². The first-order chi connectivity index (χ1) is 9.20. The fourth-order valence-electron chi connectivity index (χ4n) is 2.66. The Hall–Kier alpha value is -1.39. The van der Waals surface area contributed by atoms with E-state index in [1.54, 1.807) is 0 Å². The molecule has 0 bridgehead atoms. The second-order valence-electron chi connectivity index (χ2n) is 5.03. The summed E-state index contributed by atoms with van der Waals surface area (Å²) in [4.78, 5) is 13.2. The third-order valence-corrected chi connectivity index (χ3v) is 3.67. The molecule has 4 nitrogen and oxygen atoms in total. The predicted molar refractivity (Wildman–Crippen MR) is 72.5 cm³/mol. The summed E-state index contributed by atoms with van der Waals surface area (Å²) in [6, 6.07) is 10.6. The molecule has 2 atom stereocenters. The first kappa shape index (κ1) is 14.0. The molecular formula is C15H21NO3. The van der Waals surface area contributed by atoms with Gasteiger partial charge in [-0.3, -0.25) is 9.69 Å². The van der Waals surface area contributed by atoms with Crippen LogP contribution in [0.2, 0.25) is 0 Å². The second kappa shape index (κ2) is 6.68. The second-order valence-corrected chi connectivity index (χ2v) is 5.03. The number of esters is 1. The minimum atomic E-state index is -0.243. The van der Waals surface area contributed by atoms with Crippen molar-refractivity contribution < 1.29 is 14.6 Å². The van der Waals surface area contributed by atoms with Gasteiger partial charge in [0.15, 0.2) is 0 Å². The van der Waals surface area contributed by atoms with Gasteiger partial charge in [0.25, 0.3) is 0 Å². The summed E-state index contributed by atoms with van der Waals surface area (Å²) >= 11 is 0. The van der Waals surface area contributed by atoms with Crippen LogP contribution < -0.4 is 0 Å². The van der Waals surface area contributed by atoms with E-state index in [-0.39, 0.29) is 24.7 Å². The molecule has 0 aromatic heterocycles. The molecule has 1 aromatic rings. The highest BCUT2D eigenvalue weighted by atomic mass is 16.5. The summed E-state index contributed by atoms with van der Waals surface area (Å²) in [6.07, 6.45) is 1.92. The van der Waals surface area contributed by atoms with Crippen LogP contribution in [0.4, 0.5) is 0 Å². The summed E-state index contributed by atoms with van der Waals surface area (Å²) < 4.78 is 5.12. The molecule has 0 aliphatic carbocycles. The van der Waals surface area contributed by atoms with Crippen LogP contribution in [0.1, 0.15) is 25.3 Å². The molecule has 1 aromatic carbocycles. The molecule has 2 rings (SSSR count). The lowest BCUT2D eigenvalue weighted by Crippen LogP contribution is -2.40. The molecule has 0 radical (unpaired) electrons. The van der Waals surface area contributed by atoms with E-state index in [4.69, 9.17) is 4.74 Å². The zero-order valence-electron chi connectivity index (χ0n) is 11.3. The van der Waals surface area contributed by atoms with E-state index in [0.29, 0.717) is 6.61 Å². The van der Waals surface area contributed by atoms with Crippen molar-refractivity contribution in [2.45, 2.75) is 38.4 Å². The Bertz CT molecular complexity index is 407. The Morgan fingerprint density at radius 1 is 1.32 bits per heavy atom. The van der Waals surface area contributed by atoms with Crippen molar-refractivity contribution in [3.05, 3.63) is 35.9 Å². The van der Waals surface area contributed by atoms with Crippen molar-refractivity contribution in [2.24, 2.45) is 0 Å². The molecule has 1 heterocycles. The SMILES string of the molecule is CC(=O)OC[C@H]1CC[C@H](CO)N1Cc1ccccc1. The van der Waals surface area contributed by atoms with Gasteiger partial charge in [0.2, 0.25) is 0 Å². The molecule has 1 saturated heterocycles. The summed E-state index contributed by atoms with van der Waals surface area (Å²) in [7, 11) is 0. The van der Waals surface area contributed by atoms with E-state index in [0.717, 1.165) is 19.4 Å². The lowest BCUT2D eigenvalue weighted by atomic mass is 10.2. The summed E-state index contributed by atoms with van der Waals surface area (Å²) in [5.74, 6) is -0.243. The Kier molecular flexibility index (Phi) is 4.93. The molecule has 0 unspecified atom stereocenters. The molecule has 1 aliphatic rings. The van der Waals surface area contributed by atoms with Crippen LogP contribution in [0.25, 0.3) is 0 Å².